The van der Waals surface area contributed by atoms with Crippen molar-refractivity contribution in [2.45, 2.75) is 58.0 Å². The largest absolute Gasteiger partial charge is 0.494 e. The second-order valence-corrected chi connectivity index (χ2v) is 6.18. The fourth-order valence-electron chi connectivity index (χ4n) is 2.80. The van der Waals surface area contributed by atoms with Crippen LogP contribution in [0, 0.1) is 6.92 Å². The average molecular weight is 304 g/mol. The summed E-state index contributed by atoms with van der Waals surface area (Å²) >= 11 is 0. The van der Waals surface area contributed by atoms with Crippen LogP contribution in [0.4, 0.5) is 0 Å². The molecule has 0 bridgehead atoms. The van der Waals surface area contributed by atoms with Gasteiger partial charge in [-0.3, -0.25) is 4.79 Å². The summed E-state index contributed by atoms with van der Waals surface area (Å²) in [7, 11) is 0. The Hall–Kier alpha value is -1.55. The fourth-order valence-corrected chi connectivity index (χ4v) is 2.80. The Balaban J connectivity index is 1.57. The number of benzene rings is 1. The summed E-state index contributed by atoms with van der Waals surface area (Å²) in [6, 6.07) is 8.71. The number of piperidine rings is 1. The number of hydrogen-bond donors (Lipinski definition) is 2. The lowest BCUT2D eigenvalue weighted by Gasteiger charge is -2.30. The van der Waals surface area contributed by atoms with Crippen molar-refractivity contribution in [3.05, 3.63) is 29.8 Å². The molecule has 1 amide bonds. The van der Waals surface area contributed by atoms with Crippen molar-refractivity contribution in [2.24, 2.45) is 0 Å². The van der Waals surface area contributed by atoms with Crippen molar-refractivity contribution in [2.75, 3.05) is 13.2 Å². The van der Waals surface area contributed by atoms with Gasteiger partial charge in [0.1, 0.15) is 5.75 Å². The second-order valence-electron chi connectivity index (χ2n) is 6.18. The minimum absolute atomic E-state index is 0.163. The molecule has 0 spiro atoms. The van der Waals surface area contributed by atoms with Gasteiger partial charge in [0.2, 0.25) is 5.91 Å². The van der Waals surface area contributed by atoms with Gasteiger partial charge in [-0.15, -0.1) is 0 Å². The van der Waals surface area contributed by atoms with Crippen molar-refractivity contribution in [3.63, 3.8) is 0 Å². The fraction of sp³-hybridized carbons (Fsp3) is 0.611. The third-order valence-corrected chi connectivity index (χ3v) is 4.16. The average Bonchev–Trinajstić information content (AvgIpc) is 2.49. The van der Waals surface area contributed by atoms with Crippen LogP contribution < -0.4 is 15.4 Å². The van der Waals surface area contributed by atoms with Gasteiger partial charge in [-0.2, -0.15) is 0 Å². The zero-order valence-electron chi connectivity index (χ0n) is 13.7. The van der Waals surface area contributed by atoms with Crippen LogP contribution in [0.1, 0.15) is 44.6 Å². The molecule has 1 saturated heterocycles. The first-order valence-corrected chi connectivity index (χ1v) is 8.37. The number of aryl methyl sites for hydroxylation is 1. The smallest absolute Gasteiger partial charge is 0.220 e. The maximum atomic E-state index is 12.0. The molecule has 1 aliphatic rings. The van der Waals surface area contributed by atoms with Crippen molar-refractivity contribution in [1.82, 2.24) is 10.6 Å². The summed E-state index contributed by atoms with van der Waals surface area (Å²) in [5, 5.41) is 6.54. The number of ether oxygens (including phenoxy) is 1. The topological polar surface area (TPSA) is 50.4 Å². The van der Waals surface area contributed by atoms with E-state index >= 15 is 0 Å². The summed E-state index contributed by atoms with van der Waals surface area (Å²) in [6.45, 7) is 5.92. The Morgan fingerprint density at radius 2 is 2.27 bits per heavy atom. The number of carbonyl (C=O) groups excluding carboxylic acids is 1. The van der Waals surface area contributed by atoms with Crippen molar-refractivity contribution in [3.8, 4) is 5.75 Å². The van der Waals surface area contributed by atoms with Gasteiger partial charge in [0, 0.05) is 18.5 Å². The van der Waals surface area contributed by atoms with E-state index in [4.69, 9.17) is 4.74 Å². The highest BCUT2D eigenvalue weighted by atomic mass is 16.5. The van der Waals surface area contributed by atoms with Crippen LogP contribution in [0.2, 0.25) is 0 Å². The van der Waals surface area contributed by atoms with E-state index in [0.29, 0.717) is 19.1 Å². The molecule has 0 radical (unpaired) electrons. The number of unbranched alkanes of at least 4 members (excludes halogenated alkanes) is 1. The highest BCUT2D eigenvalue weighted by molar-refractivity contribution is 5.76. The van der Waals surface area contributed by atoms with E-state index in [-0.39, 0.29) is 11.9 Å². The first kappa shape index (κ1) is 16.8. The van der Waals surface area contributed by atoms with Gasteiger partial charge >= 0.3 is 0 Å². The predicted molar refractivity (Wildman–Crippen MR) is 89.2 cm³/mol. The van der Waals surface area contributed by atoms with Crippen LogP contribution in [0.5, 0.6) is 5.75 Å². The first-order valence-electron chi connectivity index (χ1n) is 8.37. The Bertz CT molecular complexity index is 476. The minimum atomic E-state index is 0.163. The van der Waals surface area contributed by atoms with Gasteiger partial charge in [-0.25, -0.2) is 0 Å². The summed E-state index contributed by atoms with van der Waals surface area (Å²) in [5.74, 6) is 1.07. The minimum Gasteiger partial charge on any atom is -0.494 e. The van der Waals surface area contributed by atoms with Gasteiger partial charge in [-0.1, -0.05) is 12.1 Å². The highest BCUT2D eigenvalue weighted by Crippen LogP contribution is 2.13. The van der Waals surface area contributed by atoms with Gasteiger partial charge in [0.05, 0.1) is 6.61 Å². The zero-order valence-corrected chi connectivity index (χ0v) is 13.7. The summed E-state index contributed by atoms with van der Waals surface area (Å²) in [5.41, 5.74) is 1.20. The van der Waals surface area contributed by atoms with Crippen molar-refractivity contribution >= 4 is 5.91 Å². The first-order chi connectivity index (χ1) is 10.6. The lowest BCUT2D eigenvalue weighted by Crippen LogP contribution is -2.51. The molecule has 2 N–H and O–H groups in total. The van der Waals surface area contributed by atoms with E-state index in [1.165, 1.54) is 5.56 Å². The maximum absolute atomic E-state index is 12.0. The lowest BCUT2D eigenvalue weighted by molar-refractivity contribution is -0.122. The molecule has 4 heteroatoms. The van der Waals surface area contributed by atoms with Crippen LogP contribution in [-0.2, 0) is 4.79 Å². The SMILES string of the molecule is Cc1cccc(OCCCCC(=O)NC2CCCNC2C)c1. The van der Waals surface area contributed by atoms with E-state index in [2.05, 4.69) is 30.5 Å². The molecule has 122 valence electrons. The molecule has 22 heavy (non-hydrogen) atoms. The number of amides is 1. The van der Waals surface area contributed by atoms with Crippen LogP contribution in [0.25, 0.3) is 0 Å². The van der Waals surface area contributed by atoms with Crippen molar-refractivity contribution < 1.29 is 9.53 Å². The number of nitrogens with one attached hydrogen (secondary N) is 2. The Kier molecular flexibility index (Phi) is 6.72. The quantitative estimate of drug-likeness (QED) is 0.762. The summed E-state index contributed by atoms with van der Waals surface area (Å²) in [6.07, 6.45) is 4.57. The lowest BCUT2D eigenvalue weighted by atomic mass is 9.99. The van der Waals surface area contributed by atoms with E-state index in [1.54, 1.807) is 0 Å². The molecule has 2 atom stereocenters. The van der Waals surface area contributed by atoms with E-state index in [0.717, 1.165) is 38.0 Å². The third kappa shape index (κ3) is 5.68. The third-order valence-electron chi connectivity index (χ3n) is 4.16. The van der Waals surface area contributed by atoms with Crippen LogP contribution in [-0.4, -0.2) is 31.1 Å². The molecule has 4 nitrogen and oxygen atoms in total. The van der Waals surface area contributed by atoms with Gasteiger partial charge in [0.15, 0.2) is 0 Å². The Morgan fingerprint density at radius 3 is 3.05 bits per heavy atom. The van der Waals surface area contributed by atoms with Crippen LogP contribution in [0.15, 0.2) is 24.3 Å². The Labute approximate surface area is 133 Å². The second kappa shape index (κ2) is 8.79. The van der Waals surface area contributed by atoms with Crippen LogP contribution >= 0.6 is 0 Å². The van der Waals surface area contributed by atoms with E-state index < -0.39 is 0 Å². The molecular weight excluding hydrogens is 276 g/mol. The molecule has 1 fully saturated rings. The summed E-state index contributed by atoms with van der Waals surface area (Å²) < 4.78 is 5.69. The molecule has 1 aromatic carbocycles. The maximum Gasteiger partial charge on any atom is 0.220 e. The molecule has 2 rings (SSSR count). The van der Waals surface area contributed by atoms with Crippen molar-refractivity contribution in [1.29, 1.82) is 0 Å². The number of carbonyl (C=O) groups is 1. The molecule has 1 aromatic rings. The predicted octanol–water partition coefficient (Wildman–Crippen LogP) is 2.80. The van der Waals surface area contributed by atoms with E-state index in [9.17, 15) is 4.79 Å². The molecule has 2 unspecified atom stereocenters. The monoisotopic (exact) mass is 304 g/mol. The van der Waals surface area contributed by atoms with Gasteiger partial charge in [0.25, 0.3) is 0 Å². The molecular formula is C18H28N2O2. The zero-order chi connectivity index (χ0) is 15.8. The molecule has 1 aliphatic heterocycles. The number of rotatable bonds is 7. The molecule has 1 heterocycles. The molecule has 0 saturated carbocycles. The highest BCUT2D eigenvalue weighted by Gasteiger charge is 2.21. The molecule has 0 aliphatic carbocycles. The standard InChI is InChI=1S/C18H28N2O2/c1-14-7-5-8-16(13-14)22-12-4-3-10-18(21)20-17-9-6-11-19-15(17)2/h5,7-8,13,15,17,19H,3-4,6,9-12H2,1-2H3,(H,20,21). The van der Waals surface area contributed by atoms with Crippen LogP contribution in [0.3, 0.4) is 0 Å². The summed E-state index contributed by atoms with van der Waals surface area (Å²) in [4.78, 5) is 12.0. The Morgan fingerprint density at radius 1 is 1.41 bits per heavy atom. The van der Waals surface area contributed by atoms with Gasteiger partial charge in [-0.05, 0) is 63.8 Å². The molecule has 0 aromatic heterocycles. The normalized spacial score (nSPS) is 21.4. The van der Waals surface area contributed by atoms with Gasteiger partial charge < -0.3 is 15.4 Å². The van der Waals surface area contributed by atoms with E-state index in [1.807, 2.05) is 18.2 Å². The number of hydrogen-bond acceptors (Lipinski definition) is 3.